The Kier molecular flexibility index (Phi) is 7.93. The molecular formula is C23H32N4OSSi. The predicted octanol–water partition coefficient (Wildman–Crippen LogP) is 5.92. The van der Waals surface area contributed by atoms with E-state index < -0.39 is 8.32 Å². The van der Waals surface area contributed by atoms with Crippen molar-refractivity contribution in [2.24, 2.45) is 0 Å². The highest BCUT2D eigenvalue weighted by atomic mass is 32.2. The number of aromatic nitrogens is 2. The first-order valence-electron chi connectivity index (χ1n) is 10.4. The average Bonchev–Trinajstić information content (AvgIpc) is 3.02. The molecule has 1 aromatic carbocycles. The van der Waals surface area contributed by atoms with Crippen molar-refractivity contribution < 1.29 is 4.43 Å². The van der Waals surface area contributed by atoms with Crippen LogP contribution in [0.2, 0.25) is 18.1 Å². The van der Waals surface area contributed by atoms with Gasteiger partial charge >= 0.3 is 0 Å². The van der Waals surface area contributed by atoms with Crippen LogP contribution in [0.4, 0.5) is 0 Å². The Bertz CT molecular complexity index is 945. The summed E-state index contributed by atoms with van der Waals surface area (Å²) in [5.74, 6) is 0. The van der Waals surface area contributed by atoms with Gasteiger partial charge in [-0.25, -0.2) is 0 Å². The second-order valence-electron chi connectivity index (χ2n) is 8.83. The fourth-order valence-electron chi connectivity index (χ4n) is 2.92. The molecule has 2 aromatic rings. The number of aryl methyl sites for hydroxylation is 1. The lowest BCUT2D eigenvalue weighted by Gasteiger charge is -2.36. The van der Waals surface area contributed by atoms with E-state index in [0.29, 0.717) is 17.7 Å². The molecule has 0 N–H and O–H groups in total. The maximum atomic E-state index is 9.28. The van der Waals surface area contributed by atoms with Crippen LogP contribution in [0, 0.1) is 22.7 Å². The van der Waals surface area contributed by atoms with Gasteiger partial charge < -0.3 is 4.43 Å². The van der Waals surface area contributed by atoms with Crippen LogP contribution in [0.25, 0.3) is 0 Å². The Morgan fingerprint density at radius 2 is 1.67 bits per heavy atom. The molecule has 0 saturated heterocycles. The van der Waals surface area contributed by atoms with Gasteiger partial charge in [0.2, 0.25) is 0 Å². The van der Waals surface area contributed by atoms with E-state index in [9.17, 15) is 10.5 Å². The van der Waals surface area contributed by atoms with Crippen LogP contribution >= 0.6 is 11.8 Å². The fourth-order valence-corrected chi connectivity index (χ4v) is 5.23. The zero-order valence-electron chi connectivity index (χ0n) is 19.2. The highest BCUT2D eigenvalue weighted by Gasteiger charge is 2.37. The molecule has 0 aliphatic carbocycles. The van der Waals surface area contributed by atoms with E-state index in [1.54, 1.807) is 17.8 Å². The van der Waals surface area contributed by atoms with Crippen LogP contribution in [0.5, 0.6) is 0 Å². The van der Waals surface area contributed by atoms with Gasteiger partial charge in [0.05, 0.1) is 52.7 Å². The van der Waals surface area contributed by atoms with Crippen LogP contribution in [-0.2, 0) is 23.8 Å². The maximum Gasteiger partial charge on any atom is 0.192 e. The summed E-state index contributed by atoms with van der Waals surface area (Å²) in [4.78, 5) is 2.03. The molecule has 0 aliphatic rings. The van der Waals surface area contributed by atoms with Gasteiger partial charge in [0, 0.05) is 4.90 Å². The quantitative estimate of drug-likeness (QED) is 0.476. The lowest BCUT2D eigenvalue weighted by molar-refractivity contribution is 0.264. The summed E-state index contributed by atoms with van der Waals surface area (Å²) in [6.45, 7) is 16.9. The number of rotatable bonds is 8. The van der Waals surface area contributed by atoms with Gasteiger partial charge in [0.1, 0.15) is 0 Å². The minimum atomic E-state index is -1.79. The number of hydrogen-bond acceptors (Lipinski definition) is 5. The largest absolute Gasteiger partial charge is 0.415 e. The third-order valence-corrected chi connectivity index (χ3v) is 11.4. The van der Waals surface area contributed by atoms with Crippen LogP contribution in [0.1, 0.15) is 57.1 Å². The molecule has 0 amide bonds. The molecule has 0 unspecified atom stereocenters. The monoisotopic (exact) mass is 440 g/mol. The van der Waals surface area contributed by atoms with Crippen LogP contribution in [-0.4, -0.2) is 24.7 Å². The summed E-state index contributed by atoms with van der Waals surface area (Å²) in [5, 5.41) is 23.6. The van der Waals surface area contributed by atoms with Crippen molar-refractivity contribution in [1.29, 1.82) is 10.5 Å². The van der Waals surface area contributed by atoms with E-state index in [1.807, 2.05) is 12.1 Å². The standard InChI is InChI=1S/C23H32N4OSSi/c1-8-20-22(29-19-13-17(15-24)12-18(14-19)16-25)21(9-2)27(26-20)10-11-28-30(6,7)23(3,4)5/h12-14H,8-11H2,1-7H3. The molecule has 1 aromatic heterocycles. The smallest absolute Gasteiger partial charge is 0.192 e. The predicted molar refractivity (Wildman–Crippen MR) is 124 cm³/mol. The Balaban J connectivity index is 2.29. The van der Waals surface area contributed by atoms with Gasteiger partial charge in [-0.05, 0) is 49.2 Å². The molecule has 7 heteroatoms. The van der Waals surface area contributed by atoms with Crippen LogP contribution in [0.15, 0.2) is 28.0 Å². The first kappa shape index (κ1) is 24.2. The zero-order valence-corrected chi connectivity index (χ0v) is 21.0. The second kappa shape index (κ2) is 9.83. The second-order valence-corrected chi connectivity index (χ2v) is 14.7. The molecule has 1 heterocycles. The van der Waals surface area contributed by atoms with Crippen LogP contribution < -0.4 is 0 Å². The summed E-state index contributed by atoms with van der Waals surface area (Å²) >= 11 is 1.60. The van der Waals surface area contributed by atoms with Crippen molar-refractivity contribution in [3.8, 4) is 12.1 Å². The van der Waals surface area contributed by atoms with Gasteiger partial charge in [0.15, 0.2) is 8.32 Å². The van der Waals surface area contributed by atoms with Crippen molar-refractivity contribution in [2.45, 2.75) is 81.9 Å². The topological polar surface area (TPSA) is 74.6 Å². The highest BCUT2D eigenvalue weighted by Crippen LogP contribution is 2.37. The van der Waals surface area contributed by atoms with Crippen molar-refractivity contribution in [3.05, 3.63) is 40.7 Å². The fraction of sp³-hybridized carbons (Fsp3) is 0.522. The zero-order chi connectivity index (χ0) is 22.5. The molecule has 0 radical (unpaired) electrons. The molecule has 0 fully saturated rings. The van der Waals surface area contributed by atoms with E-state index >= 15 is 0 Å². The van der Waals surface area contributed by atoms with Crippen LogP contribution in [0.3, 0.4) is 0 Å². The molecule has 5 nitrogen and oxygen atoms in total. The van der Waals surface area contributed by atoms with E-state index in [2.05, 4.69) is 64.5 Å². The van der Waals surface area contributed by atoms with Crippen molar-refractivity contribution in [1.82, 2.24) is 9.78 Å². The Morgan fingerprint density at radius 1 is 1.07 bits per heavy atom. The highest BCUT2D eigenvalue weighted by molar-refractivity contribution is 7.99. The minimum absolute atomic E-state index is 0.185. The van der Waals surface area contributed by atoms with E-state index in [-0.39, 0.29) is 5.04 Å². The molecule has 0 saturated carbocycles. The lowest BCUT2D eigenvalue weighted by Crippen LogP contribution is -2.41. The SMILES string of the molecule is CCc1nn(CCO[Si](C)(C)C(C)(C)C)c(CC)c1Sc1cc(C#N)cc(C#N)c1. The average molecular weight is 441 g/mol. The molecule has 0 spiro atoms. The first-order valence-corrected chi connectivity index (χ1v) is 14.1. The van der Waals surface area contributed by atoms with Gasteiger partial charge in [0.25, 0.3) is 0 Å². The summed E-state index contributed by atoms with van der Waals surface area (Å²) in [7, 11) is -1.79. The molecule has 0 atom stereocenters. The number of nitriles is 2. The Morgan fingerprint density at radius 3 is 2.13 bits per heavy atom. The lowest BCUT2D eigenvalue weighted by atomic mass is 10.1. The molecule has 2 rings (SSSR count). The summed E-state index contributed by atoms with van der Waals surface area (Å²) in [6.07, 6.45) is 1.69. The number of benzene rings is 1. The molecule has 30 heavy (non-hydrogen) atoms. The Hall–Kier alpha value is -2.06. The van der Waals surface area contributed by atoms with Crippen molar-refractivity contribution >= 4 is 20.1 Å². The van der Waals surface area contributed by atoms with Gasteiger partial charge in [-0.1, -0.05) is 46.4 Å². The third-order valence-electron chi connectivity index (χ3n) is 5.70. The summed E-state index contributed by atoms with van der Waals surface area (Å²) in [6, 6.07) is 9.58. The normalized spacial score (nSPS) is 11.9. The van der Waals surface area contributed by atoms with E-state index in [4.69, 9.17) is 9.52 Å². The molecular weight excluding hydrogens is 408 g/mol. The molecule has 0 aliphatic heterocycles. The van der Waals surface area contributed by atoms with Crippen molar-refractivity contribution in [2.75, 3.05) is 6.61 Å². The first-order chi connectivity index (χ1) is 14.1. The molecule has 0 bridgehead atoms. The minimum Gasteiger partial charge on any atom is -0.415 e. The number of nitrogens with zero attached hydrogens (tertiary/aromatic N) is 4. The molecule has 160 valence electrons. The maximum absolute atomic E-state index is 9.28. The number of hydrogen-bond donors (Lipinski definition) is 0. The van der Waals surface area contributed by atoms with Gasteiger partial charge in [-0.2, -0.15) is 15.6 Å². The van der Waals surface area contributed by atoms with Gasteiger partial charge in [-0.15, -0.1) is 0 Å². The summed E-state index contributed by atoms with van der Waals surface area (Å²) in [5.41, 5.74) is 3.23. The Labute approximate surface area is 186 Å². The van der Waals surface area contributed by atoms with E-state index in [0.717, 1.165) is 34.9 Å². The summed E-state index contributed by atoms with van der Waals surface area (Å²) < 4.78 is 8.44. The third kappa shape index (κ3) is 5.54. The van der Waals surface area contributed by atoms with E-state index in [1.165, 1.54) is 5.69 Å². The van der Waals surface area contributed by atoms with Gasteiger partial charge in [-0.3, -0.25) is 4.68 Å². The van der Waals surface area contributed by atoms with Crippen molar-refractivity contribution in [3.63, 3.8) is 0 Å².